The van der Waals surface area contributed by atoms with Crippen molar-refractivity contribution in [3.05, 3.63) is 54.0 Å². The summed E-state index contributed by atoms with van der Waals surface area (Å²) in [4.78, 5) is 9.13. The van der Waals surface area contributed by atoms with Crippen LogP contribution in [0.4, 0.5) is 5.82 Å². The quantitative estimate of drug-likeness (QED) is 0.699. The maximum Gasteiger partial charge on any atom is 0.154 e. The highest BCUT2D eigenvalue weighted by molar-refractivity contribution is 5.86. The standard InChI is InChI=1S/C19H24N4O/c1-3-7-16(13-24)22-19-18-17(20-14(2)21-19)10-11-23(18)12-15-8-5-4-6-9-15/h4-6,8-11,16,24H,3,7,12-13H2,1-2H3,(H,20,21,22)/t16-/m0/s1. The van der Waals surface area contributed by atoms with Gasteiger partial charge in [0.05, 0.1) is 18.2 Å². The lowest BCUT2D eigenvalue weighted by molar-refractivity contribution is 0.268. The van der Waals surface area contributed by atoms with E-state index in [0.29, 0.717) is 0 Å². The first-order valence-electron chi connectivity index (χ1n) is 8.46. The molecule has 0 spiro atoms. The van der Waals surface area contributed by atoms with Crippen LogP contribution >= 0.6 is 0 Å². The average Bonchev–Trinajstić information content (AvgIpc) is 2.98. The van der Waals surface area contributed by atoms with Gasteiger partial charge < -0.3 is 15.0 Å². The van der Waals surface area contributed by atoms with Gasteiger partial charge in [-0.3, -0.25) is 0 Å². The second kappa shape index (κ2) is 7.45. The van der Waals surface area contributed by atoms with Crippen molar-refractivity contribution < 1.29 is 5.11 Å². The van der Waals surface area contributed by atoms with Crippen molar-refractivity contribution in [3.8, 4) is 0 Å². The topological polar surface area (TPSA) is 63.0 Å². The molecular weight excluding hydrogens is 300 g/mol. The number of aryl methyl sites for hydroxylation is 1. The SMILES string of the molecule is CCC[C@@H](CO)Nc1nc(C)nc2ccn(Cc3ccccc3)c12. The third kappa shape index (κ3) is 3.57. The number of nitrogens with zero attached hydrogens (tertiary/aromatic N) is 3. The van der Waals surface area contributed by atoms with E-state index in [1.54, 1.807) is 0 Å². The van der Waals surface area contributed by atoms with Crippen LogP contribution in [-0.4, -0.2) is 32.3 Å². The molecule has 0 unspecified atom stereocenters. The smallest absolute Gasteiger partial charge is 0.154 e. The summed E-state index contributed by atoms with van der Waals surface area (Å²) in [5.41, 5.74) is 3.14. The molecule has 0 aliphatic carbocycles. The Balaban J connectivity index is 1.99. The number of aliphatic hydroxyl groups is 1. The summed E-state index contributed by atoms with van der Waals surface area (Å²) in [5.74, 6) is 1.53. The zero-order valence-electron chi connectivity index (χ0n) is 14.2. The van der Waals surface area contributed by atoms with E-state index in [2.05, 4.69) is 38.9 Å². The highest BCUT2D eigenvalue weighted by Gasteiger charge is 2.14. The van der Waals surface area contributed by atoms with Crippen molar-refractivity contribution in [1.29, 1.82) is 0 Å². The van der Waals surface area contributed by atoms with Crippen molar-refractivity contribution in [2.75, 3.05) is 11.9 Å². The largest absolute Gasteiger partial charge is 0.394 e. The van der Waals surface area contributed by atoms with Gasteiger partial charge in [-0.2, -0.15) is 0 Å². The molecule has 5 heteroatoms. The van der Waals surface area contributed by atoms with Crippen LogP contribution in [0.2, 0.25) is 0 Å². The zero-order chi connectivity index (χ0) is 16.9. The van der Waals surface area contributed by atoms with E-state index < -0.39 is 0 Å². The molecule has 0 saturated carbocycles. The Morgan fingerprint density at radius 2 is 1.96 bits per heavy atom. The minimum absolute atomic E-state index is 0.00701. The number of aromatic nitrogens is 3. The monoisotopic (exact) mass is 324 g/mol. The molecule has 0 aliphatic heterocycles. The van der Waals surface area contributed by atoms with Crippen molar-refractivity contribution in [2.24, 2.45) is 0 Å². The lowest BCUT2D eigenvalue weighted by atomic mass is 10.2. The molecule has 1 aromatic carbocycles. The van der Waals surface area contributed by atoms with Crippen molar-refractivity contribution in [2.45, 2.75) is 39.3 Å². The molecule has 5 nitrogen and oxygen atoms in total. The number of fused-ring (bicyclic) bond motifs is 1. The second-order valence-electron chi connectivity index (χ2n) is 6.10. The van der Waals surface area contributed by atoms with E-state index in [-0.39, 0.29) is 12.6 Å². The summed E-state index contributed by atoms with van der Waals surface area (Å²) in [6.07, 6.45) is 3.96. The van der Waals surface area contributed by atoms with Crippen LogP contribution in [0, 0.1) is 6.92 Å². The fraction of sp³-hybridized carbons (Fsp3) is 0.368. The Morgan fingerprint density at radius 3 is 2.67 bits per heavy atom. The molecule has 0 aliphatic rings. The first kappa shape index (κ1) is 16.5. The van der Waals surface area contributed by atoms with Gasteiger partial charge in [-0.05, 0) is 25.0 Å². The van der Waals surface area contributed by atoms with E-state index in [4.69, 9.17) is 0 Å². The predicted molar refractivity (Wildman–Crippen MR) is 97.2 cm³/mol. The van der Waals surface area contributed by atoms with Gasteiger partial charge in [0.25, 0.3) is 0 Å². The maximum absolute atomic E-state index is 9.60. The van der Waals surface area contributed by atoms with Gasteiger partial charge in [-0.25, -0.2) is 9.97 Å². The Bertz CT molecular complexity index is 798. The third-order valence-corrected chi connectivity index (χ3v) is 4.12. The number of aliphatic hydroxyl groups excluding tert-OH is 1. The molecule has 24 heavy (non-hydrogen) atoms. The Labute approximate surface area is 142 Å². The van der Waals surface area contributed by atoms with Crippen molar-refractivity contribution in [3.63, 3.8) is 0 Å². The summed E-state index contributed by atoms with van der Waals surface area (Å²) in [6, 6.07) is 12.4. The van der Waals surface area contributed by atoms with E-state index in [1.807, 2.05) is 37.4 Å². The van der Waals surface area contributed by atoms with Gasteiger partial charge in [-0.1, -0.05) is 43.7 Å². The van der Waals surface area contributed by atoms with Gasteiger partial charge in [0.15, 0.2) is 5.82 Å². The van der Waals surface area contributed by atoms with Crippen LogP contribution in [0.15, 0.2) is 42.6 Å². The number of rotatable bonds is 7. The zero-order valence-corrected chi connectivity index (χ0v) is 14.2. The second-order valence-corrected chi connectivity index (χ2v) is 6.10. The summed E-state index contributed by atoms with van der Waals surface area (Å²) < 4.78 is 2.16. The van der Waals surface area contributed by atoms with Crippen LogP contribution in [0.3, 0.4) is 0 Å². The highest BCUT2D eigenvalue weighted by atomic mass is 16.3. The molecule has 3 rings (SSSR count). The average molecular weight is 324 g/mol. The number of anilines is 1. The number of benzene rings is 1. The first-order chi connectivity index (χ1) is 11.7. The van der Waals surface area contributed by atoms with Crippen LogP contribution in [0.25, 0.3) is 11.0 Å². The van der Waals surface area contributed by atoms with E-state index in [9.17, 15) is 5.11 Å². The number of nitrogens with one attached hydrogen (secondary N) is 1. The minimum Gasteiger partial charge on any atom is -0.394 e. The van der Waals surface area contributed by atoms with Gasteiger partial charge in [0.1, 0.15) is 11.3 Å². The molecule has 0 saturated heterocycles. The normalized spacial score (nSPS) is 12.5. The van der Waals surface area contributed by atoms with E-state index in [1.165, 1.54) is 5.56 Å². The highest BCUT2D eigenvalue weighted by Crippen LogP contribution is 2.24. The fourth-order valence-corrected chi connectivity index (χ4v) is 2.99. The lowest BCUT2D eigenvalue weighted by Gasteiger charge is -2.18. The van der Waals surface area contributed by atoms with Crippen LogP contribution < -0.4 is 5.32 Å². The molecule has 2 aromatic heterocycles. The molecule has 2 N–H and O–H groups in total. The predicted octanol–water partition coefficient (Wildman–Crippen LogP) is 3.36. The molecule has 0 bridgehead atoms. The Morgan fingerprint density at radius 1 is 1.17 bits per heavy atom. The van der Waals surface area contributed by atoms with E-state index in [0.717, 1.165) is 42.1 Å². The molecule has 0 amide bonds. The van der Waals surface area contributed by atoms with Gasteiger partial charge in [0.2, 0.25) is 0 Å². The fourth-order valence-electron chi connectivity index (χ4n) is 2.99. The Kier molecular flexibility index (Phi) is 5.11. The minimum atomic E-state index is 0.00701. The van der Waals surface area contributed by atoms with Crippen LogP contribution in [-0.2, 0) is 6.54 Å². The number of hydrogen-bond acceptors (Lipinski definition) is 4. The molecule has 126 valence electrons. The third-order valence-electron chi connectivity index (χ3n) is 4.12. The molecule has 0 fully saturated rings. The summed E-state index contributed by atoms with van der Waals surface area (Å²) in [6.45, 7) is 4.87. The van der Waals surface area contributed by atoms with Crippen molar-refractivity contribution in [1.82, 2.24) is 14.5 Å². The van der Waals surface area contributed by atoms with Crippen LogP contribution in [0.1, 0.15) is 31.2 Å². The van der Waals surface area contributed by atoms with Gasteiger partial charge in [-0.15, -0.1) is 0 Å². The first-order valence-corrected chi connectivity index (χ1v) is 8.46. The molecule has 0 radical (unpaired) electrons. The van der Waals surface area contributed by atoms with Crippen LogP contribution in [0.5, 0.6) is 0 Å². The molecule has 2 heterocycles. The van der Waals surface area contributed by atoms with Gasteiger partial charge >= 0.3 is 0 Å². The molecular formula is C19H24N4O. The summed E-state index contributed by atoms with van der Waals surface area (Å²) >= 11 is 0. The Hall–Kier alpha value is -2.40. The summed E-state index contributed by atoms with van der Waals surface area (Å²) in [5, 5.41) is 13.0. The molecule has 1 atom stereocenters. The maximum atomic E-state index is 9.60. The van der Waals surface area contributed by atoms with Gasteiger partial charge in [0, 0.05) is 12.7 Å². The van der Waals surface area contributed by atoms with Crippen molar-refractivity contribution >= 4 is 16.9 Å². The van der Waals surface area contributed by atoms with E-state index >= 15 is 0 Å². The summed E-state index contributed by atoms with van der Waals surface area (Å²) in [7, 11) is 0. The lowest BCUT2D eigenvalue weighted by Crippen LogP contribution is -2.24. The number of hydrogen-bond donors (Lipinski definition) is 2. The molecule has 3 aromatic rings.